The van der Waals surface area contributed by atoms with Gasteiger partial charge in [-0.05, 0) is 48.9 Å². The maximum Gasteiger partial charge on any atom is 0.162 e. The Morgan fingerprint density at radius 1 is 1.24 bits per heavy atom. The molecule has 0 bridgehead atoms. The van der Waals surface area contributed by atoms with Gasteiger partial charge in [0.25, 0.3) is 0 Å². The van der Waals surface area contributed by atoms with Crippen LogP contribution in [0, 0.1) is 11.3 Å². The maximum atomic E-state index is 5.75. The first kappa shape index (κ1) is 15.2. The lowest BCUT2D eigenvalue weighted by Crippen LogP contribution is -2.32. The Kier molecular flexibility index (Phi) is 4.19. The fourth-order valence-corrected chi connectivity index (χ4v) is 4.43. The zero-order chi connectivity index (χ0) is 15.0. The molecule has 1 heterocycles. The SMILES string of the molecule is CNC(c1cc2c(cc1Br)OCCO2)C1CCCC1(C)C. The Balaban J connectivity index is 1.97. The normalized spacial score (nSPS) is 24.9. The van der Waals surface area contributed by atoms with Crippen LogP contribution in [0.1, 0.15) is 44.7 Å². The Labute approximate surface area is 135 Å². The first-order valence-corrected chi connectivity index (χ1v) is 8.58. The lowest BCUT2D eigenvalue weighted by atomic mass is 9.75. The van der Waals surface area contributed by atoms with Crippen LogP contribution in [-0.2, 0) is 0 Å². The molecule has 2 aliphatic rings. The minimum absolute atomic E-state index is 0.340. The number of benzene rings is 1. The monoisotopic (exact) mass is 353 g/mol. The van der Waals surface area contributed by atoms with Crippen molar-refractivity contribution in [1.29, 1.82) is 0 Å². The quantitative estimate of drug-likeness (QED) is 0.878. The summed E-state index contributed by atoms with van der Waals surface area (Å²) >= 11 is 3.73. The van der Waals surface area contributed by atoms with Crippen LogP contribution in [0.15, 0.2) is 16.6 Å². The molecule has 2 unspecified atom stereocenters. The van der Waals surface area contributed by atoms with Crippen molar-refractivity contribution in [2.24, 2.45) is 11.3 Å². The predicted molar refractivity (Wildman–Crippen MR) is 88.1 cm³/mol. The molecule has 1 fully saturated rings. The van der Waals surface area contributed by atoms with Crippen molar-refractivity contribution in [3.8, 4) is 11.5 Å². The summed E-state index contributed by atoms with van der Waals surface area (Å²) in [6.45, 7) is 6.04. The van der Waals surface area contributed by atoms with Crippen molar-refractivity contribution >= 4 is 15.9 Å². The van der Waals surface area contributed by atoms with Gasteiger partial charge in [-0.15, -0.1) is 0 Å². The average molecular weight is 354 g/mol. The van der Waals surface area contributed by atoms with Crippen molar-refractivity contribution in [1.82, 2.24) is 5.32 Å². The van der Waals surface area contributed by atoms with Crippen LogP contribution < -0.4 is 14.8 Å². The average Bonchev–Trinajstić information content (AvgIpc) is 2.80. The molecule has 1 aromatic rings. The molecular weight excluding hydrogens is 330 g/mol. The highest BCUT2D eigenvalue weighted by atomic mass is 79.9. The van der Waals surface area contributed by atoms with Crippen LogP contribution in [-0.4, -0.2) is 20.3 Å². The van der Waals surface area contributed by atoms with Crippen LogP contribution in [0.4, 0.5) is 0 Å². The van der Waals surface area contributed by atoms with Gasteiger partial charge in [-0.3, -0.25) is 0 Å². The maximum absolute atomic E-state index is 5.75. The van der Waals surface area contributed by atoms with Crippen LogP contribution in [0.2, 0.25) is 0 Å². The molecule has 2 atom stereocenters. The summed E-state index contributed by atoms with van der Waals surface area (Å²) in [7, 11) is 2.06. The minimum Gasteiger partial charge on any atom is -0.486 e. The fraction of sp³-hybridized carbons (Fsp3) is 0.647. The molecule has 0 spiro atoms. The van der Waals surface area contributed by atoms with E-state index in [4.69, 9.17) is 9.47 Å². The summed E-state index contributed by atoms with van der Waals surface area (Å²) < 4.78 is 12.5. The first-order valence-electron chi connectivity index (χ1n) is 7.79. The molecule has 0 saturated heterocycles. The van der Waals surface area contributed by atoms with Gasteiger partial charge < -0.3 is 14.8 Å². The second kappa shape index (κ2) is 5.81. The first-order chi connectivity index (χ1) is 10.0. The standard InChI is InChI=1S/C17H24BrNO2/c1-17(2)6-4-5-12(17)16(19-3)11-9-14-15(10-13(11)18)21-8-7-20-14/h9-10,12,16,19H,4-8H2,1-3H3. The topological polar surface area (TPSA) is 30.5 Å². The number of rotatable bonds is 3. The van der Waals surface area contributed by atoms with Crippen LogP contribution >= 0.6 is 15.9 Å². The third-order valence-electron chi connectivity index (χ3n) is 5.05. The highest BCUT2D eigenvalue weighted by molar-refractivity contribution is 9.10. The van der Waals surface area contributed by atoms with Gasteiger partial charge in [0.05, 0.1) is 0 Å². The number of hydrogen-bond donors (Lipinski definition) is 1. The Morgan fingerprint density at radius 2 is 1.90 bits per heavy atom. The summed E-state index contributed by atoms with van der Waals surface area (Å²) in [5.41, 5.74) is 1.65. The van der Waals surface area contributed by atoms with E-state index in [2.05, 4.69) is 54.3 Å². The summed E-state index contributed by atoms with van der Waals surface area (Å²) in [5, 5.41) is 3.54. The second-order valence-corrected chi connectivity index (χ2v) is 7.63. The molecule has 4 heteroatoms. The lowest BCUT2D eigenvalue weighted by molar-refractivity contribution is 0.169. The van der Waals surface area contributed by atoms with E-state index in [1.807, 2.05) is 0 Å². The molecule has 3 rings (SSSR count). The van der Waals surface area contributed by atoms with Crippen LogP contribution in [0.5, 0.6) is 11.5 Å². The zero-order valence-corrected chi connectivity index (χ0v) is 14.6. The molecule has 1 saturated carbocycles. The van der Waals surface area contributed by atoms with Gasteiger partial charge in [-0.2, -0.15) is 0 Å². The van der Waals surface area contributed by atoms with E-state index < -0.39 is 0 Å². The summed E-state index contributed by atoms with van der Waals surface area (Å²) in [6, 6.07) is 4.54. The third-order valence-corrected chi connectivity index (χ3v) is 5.74. The highest BCUT2D eigenvalue weighted by Gasteiger charge is 2.40. The minimum atomic E-state index is 0.340. The van der Waals surface area contributed by atoms with E-state index in [-0.39, 0.29) is 0 Å². The molecule has 0 radical (unpaired) electrons. The molecule has 1 N–H and O–H groups in total. The van der Waals surface area contributed by atoms with Crippen molar-refractivity contribution in [3.05, 3.63) is 22.2 Å². The van der Waals surface area contributed by atoms with Crippen molar-refractivity contribution < 1.29 is 9.47 Å². The van der Waals surface area contributed by atoms with Crippen LogP contribution in [0.25, 0.3) is 0 Å². The number of ether oxygens (including phenoxy) is 2. The van der Waals surface area contributed by atoms with Gasteiger partial charge in [-0.1, -0.05) is 36.2 Å². The van der Waals surface area contributed by atoms with Gasteiger partial charge in [0, 0.05) is 10.5 Å². The molecule has 21 heavy (non-hydrogen) atoms. The van der Waals surface area contributed by atoms with Gasteiger partial charge in [0.1, 0.15) is 13.2 Å². The summed E-state index contributed by atoms with van der Waals surface area (Å²) in [6.07, 6.45) is 3.90. The number of nitrogens with one attached hydrogen (secondary N) is 1. The highest BCUT2D eigenvalue weighted by Crippen LogP contribution is 2.50. The number of fused-ring (bicyclic) bond motifs is 1. The van der Waals surface area contributed by atoms with E-state index >= 15 is 0 Å². The summed E-state index contributed by atoms with van der Waals surface area (Å²) in [5.74, 6) is 2.36. The third kappa shape index (κ3) is 2.80. The van der Waals surface area contributed by atoms with E-state index in [1.54, 1.807) is 0 Å². The van der Waals surface area contributed by atoms with Crippen molar-refractivity contribution in [2.75, 3.05) is 20.3 Å². The van der Waals surface area contributed by atoms with Gasteiger partial charge >= 0.3 is 0 Å². The van der Waals surface area contributed by atoms with E-state index in [1.165, 1.54) is 24.8 Å². The van der Waals surface area contributed by atoms with Crippen LogP contribution in [0.3, 0.4) is 0 Å². The zero-order valence-electron chi connectivity index (χ0n) is 13.0. The van der Waals surface area contributed by atoms with E-state index in [0.717, 1.165) is 16.0 Å². The lowest BCUT2D eigenvalue weighted by Gasteiger charge is -2.35. The van der Waals surface area contributed by atoms with Gasteiger partial charge in [0.2, 0.25) is 0 Å². The molecular formula is C17H24BrNO2. The van der Waals surface area contributed by atoms with Crippen molar-refractivity contribution in [2.45, 2.75) is 39.2 Å². The van der Waals surface area contributed by atoms with E-state index in [9.17, 15) is 0 Å². The molecule has 1 aliphatic heterocycles. The Morgan fingerprint density at radius 3 is 2.48 bits per heavy atom. The fourth-order valence-electron chi connectivity index (χ4n) is 3.86. The van der Waals surface area contributed by atoms with Gasteiger partial charge in [0.15, 0.2) is 11.5 Å². The van der Waals surface area contributed by atoms with E-state index in [0.29, 0.717) is 30.6 Å². The van der Waals surface area contributed by atoms with Crippen molar-refractivity contribution in [3.63, 3.8) is 0 Å². The second-order valence-electron chi connectivity index (χ2n) is 6.77. The largest absolute Gasteiger partial charge is 0.486 e. The molecule has 0 aromatic heterocycles. The smallest absolute Gasteiger partial charge is 0.162 e. The number of halogens is 1. The predicted octanol–water partition coefficient (Wildman–Crippen LogP) is 4.31. The molecule has 0 amide bonds. The Hall–Kier alpha value is -0.740. The number of hydrogen-bond acceptors (Lipinski definition) is 3. The van der Waals surface area contributed by atoms with Gasteiger partial charge in [-0.25, -0.2) is 0 Å². The summed E-state index contributed by atoms with van der Waals surface area (Å²) in [4.78, 5) is 0. The Bertz CT molecular complexity index is 530. The molecule has 1 aromatic carbocycles. The molecule has 116 valence electrons. The molecule has 3 nitrogen and oxygen atoms in total. The molecule has 1 aliphatic carbocycles.